The number of nitrogens with zero attached hydrogens (tertiary/aromatic N) is 1. The van der Waals surface area contributed by atoms with E-state index < -0.39 is 35.1 Å². The molecule has 2 rings (SSSR count). The molecule has 148 valence electrons. The average molecular weight is 377 g/mol. The summed E-state index contributed by atoms with van der Waals surface area (Å²) in [5, 5.41) is 12.1. The van der Waals surface area contributed by atoms with Crippen molar-refractivity contribution in [3.63, 3.8) is 0 Å². The highest BCUT2D eigenvalue weighted by atomic mass is 16.5. The van der Waals surface area contributed by atoms with Crippen LogP contribution >= 0.6 is 0 Å². The molecule has 3 amide bonds. The lowest BCUT2D eigenvalue weighted by Crippen LogP contribution is -2.67. The molecule has 1 aromatic carbocycles. The van der Waals surface area contributed by atoms with E-state index in [2.05, 4.69) is 5.32 Å². The summed E-state index contributed by atoms with van der Waals surface area (Å²) in [6.07, 6.45) is -1.62. The van der Waals surface area contributed by atoms with Crippen LogP contribution in [0.3, 0.4) is 0 Å². The highest BCUT2D eigenvalue weighted by molar-refractivity contribution is 5.89. The first-order valence-electron chi connectivity index (χ1n) is 8.83. The standard InChI is InChI=1S/C19H27N3O5/c1-18(2,3)14-11-19(15(20)23,9-10-22(14)17(25)26)21-16(24)27-12-13-7-5-4-6-8-13/h4-8,14H,9-12H2,1-3H3,(H2,20,23)(H,21,24)(H,25,26). The van der Waals surface area contributed by atoms with Crippen molar-refractivity contribution in [1.29, 1.82) is 0 Å². The van der Waals surface area contributed by atoms with E-state index in [9.17, 15) is 19.5 Å². The number of hydrogen-bond acceptors (Lipinski definition) is 4. The van der Waals surface area contributed by atoms with Gasteiger partial charge in [-0.1, -0.05) is 51.1 Å². The van der Waals surface area contributed by atoms with Crippen molar-refractivity contribution >= 4 is 18.1 Å². The Kier molecular flexibility index (Phi) is 5.98. The van der Waals surface area contributed by atoms with E-state index in [0.717, 1.165) is 5.56 Å². The number of hydrogen-bond donors (Lipinski definition) is 3. The smallest absolute Gasteiger partial charge is 0.408 e. The Hall–Kier alpha value is -2.77. The quantitative estimate of drug-likeness (QED) is 0.743. The number of nitrogens with one attached hydrogen (secondary N) is 1. The van der Waals surface area contributed by atoms with Crippen LogP contribution in [0.2, 0.25) is 0 Å². The molecule has 1 fully saturated rings. The molecule has 27 heavy (non-hydrogen) atoms. The van der Waals surface area contributed by atoms with Gasteiger partial charge in [-0.05, 0) is 17.4 Å². The van der Waals surface area contributed by atoms with Crippen molar-refractivity contribution in [2.24, 2.45) is 11.1 Å². The zero-order chi connectivity index (χ0) is 20.2. The fourth-order valence-corrected chi connectivity index (χ4v) is 3.37. The van der Waals surface area contributed by atoms with E-state index in [-0.39, 0.29) is 26.0 Å². The van der Waals surface area contributed by atoms with Gasteiger partial charge in [-0.25, -0.2) is 9.59 Å². The Bertz CT molecular complexity index is 701. The summed E-state index contributed by atoms with van der Waals surface area (Å²) in [4.78, 5) is 37.4. The molecule has 8 heteroatoms. The maximum absolute atomic E-state index is 12.3. The number of carbonyl (C=O) groups excluding carboxylic acids is 2. The van der Waals surface area contributed by atoms with Gasteiger partial charge in [0.05, 0.1) is 0 Å². The van der Waals surface area contributed by atoms with Gasteiger partial charge in [0, 0.05) is 19.0 Å². The number of likely N-dealkylation sites (tertiary alicyclic amines) is 1. The second-order valence-corrected chi connectivity index (χ2v) is 7.95. The Labute approximate surface area is 158 Å². The first-order chi connectivity index (χ1) is 12.5. The molecule has 2 unspecified atom stereocenters. The first-order valence-corrected chi connectivity index (χ1v) is 8.83. The molecule has 1 aliphatic heterocycles. The Morgan fingerprint density at radius 2 is 1.93 bits per heavy atom. The third kappa shape index (κ3) is 4.90. The van der Waals surface area contributed by atoms with Crippen LogP contribution in [0.15, 0.2) is 30.3 Å². The van der Waals surface area contributed by atoms with Crippen molar-refractivity contribution in [2.45, 2.75) is 51.8 Å². The van der Waals surface area contributed by atoms with Gasteiger partial charge in [0.25, 0.3) is 0 Å². The highest BCUT2D eigenvalue weighted by Gasteiger charge is 2.50. The van der Waals surface area contributed by atoms with Gasteiger partial charge in [-0.15, -0.1) is 0 Å². The minimum Gasteiger partial charge on any atom is -0.465 e. The number of rotatable bonds is 4. The molecule has 1 aliphatic rings. The molecule has 1 saturated heterocycles. The van der Waals surface area contributed by atoms with Crippen molar-refractivity contribution in [1.82, 2.24) is 10.2 Å². The summed E-state index contributed by atoms with van der Waals surface area (Å²) in [6, 6.07) is 8.67. The van der Waals surface area contributed by atoms with Gasteiger partial charge in [0.2, 0.25) is 5.91 Å². The molecule has 2 atom stereocenters. The van der Waals surface area contributed by atoms with Crippen molar-refractivity contribution in [3.05, 3.63) is 35.9 Å². The van der Waals surface area contributed by atoms with E-state index in [4.69, 9.17) is 10.5 Å². The average Bonchev–Trinajstić information content (AvgIpc) is 2.59. The molecular weight excluding hydrogens is 350 g/mol. The van der Waals surface area contributed by atoms with Gasteiger partial charge in [0.1, 0.15) is 12.1 Å². The van der Waals surface area contributed by atoms with E-state index in [1.807, 2.05) is 51.1 Å². The zero-order valence-electron chi connectivity index (χ0n) is 15.9. The lowest BCUT2D eigenvalue weighted by Gasteiger charge is -2.48. The van der Waals surface area contributed by atoms with Crippen molar-refractivity contribution in [3.8, 4) is 0 Å². The number of alkyl carbamates (subject to hydrolysis) is 1. The number of amides is 3. The van der Waals surface area contributed by atoms with Crippen LogP contribution in [0.5, 0.6) is 0 Å². The second kappa shape index (κ2) is 7.85. The van der Waals surface area contributed by atoms with E-state index in [1.54, 1.807) is 0 Å². The fraction of sp³-hybridized carbons (Fsp3) is 0.526. The maximum Gasteiger partial charge on any atom is 0.408 e. The third-order valence-corrected chi connectivity index (χ3v) is 4.97. The number of benzene rings is 1. The molecule has 8 nitrogen and oxygen atoms in total. The van der Waals surface area contributed by atoms with Gasteiger partial charge in [-0.3, -0.25) is 4.79 Å². The predicted molar refractivity (Wildman–Crippen MR) is 98.9 cm³/mol. The predicted octanol–water partition coefficient (Wildman–Crippen LogP) is 2.33. The molecule has 0 aliphatic carbocycles. The van der Waals surface area contributed by atoms with E-state index in [1.165, 1.54) is 4.90 Å². The summed E-state index contributed by atoms with van der Waals surface area (Å²) in [7, 11) is 0. The van der Waals surface area contributed by atoms with Gasteiger partial charge >= 0.3 is 12.2 Å². The van der Waals surface area contributed by atoms with Crippen LogP contribution in [-0.2, 0) is 16.1 Å². The van der Waals surface area contributed by atoms with E-state index >= 15 is 0 Å². The molecule has 1 heterocycles. The summed E-state index contributed by atoms with van der Waals surface area (Å²) < 4.78 is 5.21. The number of primary amides is 1. The minimum absolute atomic E-state index is 0.0610. The molecular formula is C19H27N3O5. The Morgan fingerprint density at radius 3 is 2.44 bits per heavy atom. The van der Waals surface area contributed by atoms with Crippen LogP contribution in [0.25, 0.3) is 0 Å². The minimum atomic E-state index is -1.35. The Morgan fingerprint density at radius 1 is 1.30 bits per heavy atom. The zero-order valence-corrected chi connectivity index (χ0v) is 15.9. The van der Waals surface area contributed by atoms with Crippen molar-refractivity contribution in [2.75, 3.05) is 6.54 Å². The third-order valence-electron chi connectivity index (χ3n) is 4.97. The molecule has 4 N–H and O–H groups in total. The SMILES string of the molecule is CC(C)(C)C1CC(NC(=O)OCc2ccccc2)(C(N)=O)CCN1C(=O)O. The van der Waals surface area contributed by atoms with Gasteiger partial charge in [0.15, 0.2) is 0 Å². The molecule has 0 radical (unpaired) electrons. The first kappa shape index (κ1) is 20.5. The Balaban J connectivity index is 2.13. The van der Waals surface area contributed by atoms with Crippen molar-refractivity contribution < 1.29 is 24.2 Å². The lowest BCUT2D eigenvalue weighted by atomic mass is 9.73. The highest BCUT2D eigenvalue weighted by Crippen LogP contribution is 2.36. The number of nitrogens with two attached hydrogens (primary N) is 1. The van der Waals surface area contributed by atoms with Crippen LogP contribution in [0.1, 0.15) is 39.2 Å². The molecule has 1 aromatic rings. The number of carboxylic acid groups (broad SMARTS) is 1. The van der Waals surface area contributed by atoms with Crippen LogP contribution in [0, 0.1) is 5.41 Å². The van der Waals surface area contributed by atoms with Gasteiger partial charge < -0.3 is 25.8 Å². The fourth-order valence-electron chi connectivity index (χ4n) is 3.37. The molecule has 0 bridgehead atoms. The second-order valence-electron chi connectivity index (χ2n) is 7.95. The number of ether oxygens (including phenoxy) is 1. The molecule has 0 spiro atoms. The lowest BCUT2D eigenvalue weighted by molar-refractivity contribution is -0.128. The summed E-state index contributed by atoms with van der Waals surface area (Å²) in [5.41, 5.74) is 4.64. The van der Waals surface area contributed by atoms with Crippen LogP contribution < -0.4 is 11.1 Å². The summed E-state index contributed by atoms with van der Waals surface area (Å²) in [5.74, 6) is -0.696. The largest absolute Gasteiger partial charge is 0.465 e. The van der Waals surface area contributed by atoms with Crippen LogP contribution in [-0.4, -0.2) is 46.2 Å². The monoisotopic (exact) mass is 377 g/mol. The maximum atomic E-state index is 12.3. The van der Waals surface area contributed by atoms with E-state index in [0.29, 0.717) is 0 Å². The normalized spacial score (nSPS) is 22.8. The number of piperidine rings is 1. The van der Waals surface area contributed by atoms with Gasteiger partial charge in [-0.2, -0.15) is 0 Å². The van der Waals surface area contributed by atoms with Crippen LogP contribution in [0.4, 0.5) is 9.59 Å². The summed E-state index contributed by atoms with van der Waals surface area (Å²) >= 11 is 0. The molecule has 0 aromatic heterocycles. The topological polar surface area (TPSA) is 122 Å². The summed E-state index contributed by atoms with van der Waals surface area (Å²) in [6.45, 7) is 5.82. The number of carbonyl (C=O) groups is 3. The molecule has 0 saturated carbocycles.